The summed E-state index contributed by atoms with van der Waals surface area (Å²) >= 11 is 0. The molecule has 290 valence electrons. The van der Waals surface area contributed by atoms with Crippen LogP contribution in [0.25, 0.3) is 0 Å². The standard InChI is InChI=1S/C42H63N6Si.3ClH.Ti/c1-27-26-42(7,32(6)28(27)2)49(33-20-36(43(8)9)29(3)37(21-33)44(10)11,34-22-38(45(12)13)30(4)39(23-34)46(14)15)35-24-40(47(16)17)31(5)41(25-35)48(18)19;;;;/h20-25H,1-19H3;3*1H;/q-1;;;;+4/p-3. The Morgan fingerprint density at radius 3 is 0.792 bits per heavy atom. The van der Waals surface area contributed by atoms with E-state index in [0.29, 0.717) is 0 Å². The second-order valence-corrected chi connectivity index (χ2v) is 19.9. The van der Waals surface area contributed by atoms with Crippen LogP contribution < -0.4 is 82.2 Å². The van der Waals surface area contributed by atoms with Gasteiger partial charge in [0.2, 0.25) is 0 Å². The zero-order valence-corrected chi connectivity index (χ0v) is 40.6. The van der Waals surface area contributed by atoms with E-state index >= 15 is 0 Å². The minimum Gasteiger partial charge on any atom is -1.00 e. The number of allylic oxidation sites excluding steroid dienone is 4. The van der Waals surface area contributed by atoms with E-state index in [1.165, 1.54) is 83.1 Å². The minimum absolute atomic E-state index is 0. The van der Waals surface area contributed by atoms with Gasteiger partial charge in [-0.3, -0.25) is 6.08 Å². The molecule has 0 heterocycles. The maximum absolute atomic E-state index is 4.22. The van der Waals surface area contributed by atoms with Crippen LogP contribution in [0.3, 0.4) is 0 Å². The van der Waals surface area contributed by atoms with E-state index in [9.17, 15) is 0 Å². The van der Waals surface area contributed by atoms with E-state index in [4.69, 9.17) is 0 Å². The summed E-state index contributed by atoms with van der Waals surface area (Å²) in [6.45, 7) is 16.2. The molecule has 1 unspecified atom stereocenters. The van der Waals surface area contributed by atoms with E-state index in [-0.39, 0.29) is 58.9 Å². The predicted octanol–water partition coefficient (Wildman–Crippen LogP) is -2.65. The van der Waals surface area contributed by atoms with Crippen molar-refractivity contribution in [1.29, 1.82) is 0 Å². The van der Waals surface area contributed by atoms with Crippen molar-refractivity contribution < 1.29 is 58.9 Å². The van der Waals surface area contributed by atoms with Crippen LogP contribution in [0.15, 0.2) is 53.1 Å². The van der Waals surface area contributed by atoms with E-state index in [1.807, 2.05) is 0 Å². The molecule has 0 N–H and O–H groups in total. The van der Waals surface area contributed by atoms with Crippen molar-refractivity contribution in [3.63, 3.8) is 0 Å². The zero-order chi connectivity index (χ0) is 37.1. The summed E-state index contributed by atoms with van der Waals surface area (Å²) in [5.41, 5.74) is 15.4. The monoisotopic (exact) mass is 832 g/mol. The van der Waals surface area contributed by atoms with E-state index in [1.54, 1.807) is 0 Å². The summed E-state index contributed by atoms with van der Waals surface area (Å²) in [6.07, 6.45) is 4.22. The Labute approximate surface area is 357 Å². The van der Waals surface area contributed by atoms with Crippen LogP contribution in [-0.4, -0.2) is 92.6 Å². The van der Waals surface area contributed by atoms with Crippen molar-refractivity contribution in [2.75, 3.05) is 114 Å². The van der Waals surface area contributed by atoms with Crippen LogP contribution in [0.2, 0.25) is 5.04 Å². The number of anilines is 6. The normalized spacial score (nSPS) is 15.0. The van der Waals surface area contributed by atoms with Crippen LogP contribution >= 0.6 is 0 Å². The molecule has 0 radical (unpaired) electrons. The molecule has 3 aromatic rings. The van der Waals surface area contributed by atoms with Gasteiger partial charge in [0.25, 0.3) is 0 Å². The fraction of sp³-hybridized carbons (Fsp3) is 0.476. The number of hydrogen-bond acceptors (Lipinski definition) is 6. The second-order valence-electron chi connectivity index (χ2n) is 15.7. The van der Waals surface area contributed by atoms with Gasteiger partial charge < -0.3 is 66.6 Å². The van der Waals surface area contributed by atoms with Crippen molar-refractivity contribution in [2.24, 2.45) is 0 Å². The van der Waals surface area contributed by atoms with Crippen LogP contribution in [0.4, 0.5) is 34.1 Å². The summed E-state index contributed by atoms with van der Waals surface area (Å²) in [7, 11) is 23.0. The molecule has 1 atom stereocenters. The fourth-order valence-electron chi connectivity index (χ4n) is 8.45. The summed E-state index contributed by atoms with van der Waals surface area (Å²) in [6, 6.07) is 15.1. The topological polar surface area (TPSA) is 19.4 Å². The Bertz CT molecular complexity index is 1580. The number of nitrogens with zero attached hydrogens (tertiary/aromatic N) is 6. The van der Waals surface area contributed by atoms with Crippen molar-refractivity contribution >= 4 is 57.8 Å². The number of rotatable bonds is 10. The van der Waals surface area contributed by atoms with Crippen molar-refractivity contribution in [2.45, 2.75) is 53.5 Å². The minimum atomic E-state index is -3.14. The third kappa shape index (κ3) is 8.46. The Balaban J connectivity index is 0.00000676. The number of benzene rings is 3. The van der Waals surface area contributed by atoms with Gasteiger partial charge in [0.15, 0.2) is 0 Å². The van der Waals surface area contributed by atoms with E-state index in [0.717, 1.165) is 0 Å². The molecule has 0 amide bonds. The number of halogens is 3. The molecule has 0 aromatic heterocycles. The first-order chi connectivity index (χ1) is 22.6. The van der Waals surface area contributed by atoms with Gasteiger partial charge >= 0.3 is 21.7 Å². The maximum atomic E-state index is 4.22. The third-order valence-corrected chi connectivity index (χ3v) is 16.8. The maximum Gasteiger partial charge on any atom is 4.00 e. The average molecular weight is 834 g/mol. The second kappa shape index (κ2) is 18.6. The molecule has 6 nitrogen and oxygen atoms in total. The van der Waals surface area contributed by atoms with Crippen molar-refractivity contribution in [3.05, 3.63) is 75.9 Å². The van der Waals surface area contributed by atoms with Gasteiger partial charge in [-0.2, -0.15) is 11.1 Å². The quantitative estimate of drug-likeness (QED) is 0.126. The molecular weight excluding hydrogens is 771 g/mol. The molecule has 4 rings (SSSR count). The molecule has 1 aliphatic carbocycles. The molecule has 0 spiro atoms. The summed E-state index contributed by atoms with van der Waals surface area (Å²) in [5, 5.41) is 3.77. The first-order valence-electron chi connectivity index (χ1n) is 17.4. The molecule has 0 bridgehead atoms. The predicted molar refractivity (Wildman–Crippen MR) is 223 cm³/mol. The molecule has 53 heavy (non-hydrogen) atoms. The summed E-state index contributed by atoms with van der Waals surface area (Å²) in [5.74, 6) is 0. The van der Waals surface area contributed by atoms with Gasteiger partial charge in [0.05, 0.1) is 0 Å². The Morgan fingerprint density at radius 2 is 0.642 bits per heavy atom. The first kappa shape index (κ1) is 50.7. The SMILES string of the molecule is CC1=[C-]C(C)([Si](c2cc(N(C)C)c(C)c(N(C)C)c2)(c2cc(N(C)C)c(C)c(N(C)C)c2)c2cc(N(C)C)c(C)c(N(C)C)c2)C(C)=C1C.[Cl-].[Cl-].[Cl-].[Ti+4]. The zero-order valence-electron chi connectivity index (χ0n) is 35.8. The molecule has 11 heteroatoms. The van der Waals surface area contributed by atoms with Crippen LogP contribution in [0, 0.1) is 26.8 Å². The Morgan fingerprint density at radius 1 is 0.434 bits per heavy atom. The van der Waals surface area contributed by atoms with Crippen LogP contribution in [0.5, 0.6) is 0 Å². The van der Waals surface area contributed by atoms with Crippen LogP contribution in [-0.2, 0) is 21.7 Å². The van der Waals surface area contributed by atoms with Gasteiger partial charge in [-0.05, 0) is 89.4 Å². The van der Waals surface area contributed by atoms with Gasteiger partial charge in [0.1, 0.15) is 8.07 Å². The van der Waals surface area contributed by atoms with E-state index < -0.39 is 13.1 Å². The largest absolute Gasteiger partial charge is 4.00 e. The van der Waals surface area contributed by atoms with Gasteiger partial charge in [-0.25, -0.2) is 5.57 Å². The Kier molecular flexibility index (Phi) is 17.8. The molecule has 0 fully saturated rings. The van der Waals surface area contributed by atoms with Crippen molar-refractivity contribution in [1.82, 2.24) is 0 Å². The summed E-state index contributed by atoms with van der Waals surface area (Å²) in [4.78, 5) is 13.7. The molecule has 0 saturated carbocycles. The number of hydrogen-bond donors (Lipinski definition) is 0. The van der Waals surface area contributed by atoms with Crippen molar-refractivity contribution in [3.8, 4) is 0 Å². The fourth-order valence-corrected chi connectivity index (χ4v) is 14.4. The molecule has 3 aromatic carbocycles. The van der Waals surface area contributed by atoms with Gasteiger partial charge in [0, 0.05) is 119 Å². The van der Waals surface area contributed by atoms with Gasteiger partial charge in [-0.1, -0.05) is 25.8 Å². The summed E-state index contributed by atoms with van der Waals surface area (Å²) < 4.78 is 0. The molecule has 0 saturated heterocycles. The third-order valence-electron chi connectivity index (χ3n) is 11.3. The Hall–Kier alpha value is -2.26. The molecule has 1 aliphatic rings. The average Bonchev–Trinajstić information content (AvgIpc) is 3.20. The van der Waals surface area contributed by atoms with Crippen LogP contribution in [0.1, 0.15) is 44.4 Å². The van der Waals surface area contributed by atoms with Gasteiger partial charge in [-0.15, -0.1) is 6.92 Å². The molecule has 0 aliphatic heterocycles. The first-order valence-corrected chi connectivity index (χ1v) is 19.4. The smallest absolute Gasteiger partial charge is 1.00 e. The molecular formula is C42H63Cl3N6SiTi. The van der Waals surface area contributed by atoms with E-state index in [2.05, 4.69) is 205 Å².